The van der Waals surface area contributed by atoms with Crippen LogP contribution in [0.1, 0.15) is 38.8 Å². The summed E-state index contributed by atoms with van der Waals surface area (Å²) >= 11 is 17.5. The van der Waals surface area contributed by atoms with E-state index in [1.165, 1.54) is 0 Å². The van der Waals surface area contributed by atoms with Crippen LogP contribution in [0.4, 0.5) is 5.69 Å². The summed E-state index contributed by atoms with van der Waals surface area (Å²) < 4.78 is 11.5. The lowest BCUT2D eigenvalue weighted by atomic mass is 9.84. The van der Waals surface area contributed by atoms with Crippen LogP contribution in [0.3, 0.4) is 0 Å². The maximum atomic E-state index is 13.2. The second kappa shape index (κ2) is 8.35. The molecule has 0 spiro atoms. The molecule has 0 saturated heterocycles. The number of carbonyl (C=O) groups is 1. The molecule has 0 bridgehead atoms. The summed E-state index contributed by atoms with van der Waals surface area (Å²) in [5, 5.41) is 3.97. The van der Waals surface area contributed by atoms with Crippen LogP contribution in [0.15, 0.2) is 36.4 Å². The zero-order chi connectivity index (χ0) is 22.3. The molecule has 3 N–H and O–H groups in total. The van der Waals surface area contributed by atoms with Crippen LogP contribution in [-0.4, -0.2) is 22.7 Å². The Kier molecular flexibility index (Phi) is 6.35. The average molecular weight is 467 g/mol. The molecule has 2 aromatic carbocycles. The summed E-state index contributed by atoms with van der Waals surface area (Å²) in [5.41, 5.74) is 6.54. The second-order valence-corrected chi connectivity index (χ2v) is 9.61. The minimum atomic E-state index is -1.47. The van der Waals surface area contributed by atoms with Crippen molar-refractivity contribution >= 4 is 52.1 Å². The monoisotopic (exact) mass is 466 g/mol. The first kappa shape index (κ1) is 22.8. The van der Waals surface area contributed by atoms with Gasteiger partial charge in [0.2, 0.25) is 0 Å². The van der Waals surface area contributed by atoms with Gasteiger partial charge in [0, 0.05) is 6.42 Å². The first-order valence-corrected chi connectivity index (χ1v) is 10.6. The minimum Gasteiger partial charge on any atom is -0.481 e. The molecular formula is C22H24Cl2N2O3S. The Bertz CT molecular complexity index is 1010. The minimum absolute atomic E-state index is 0.166. The molecule has 0 aliphatic carbocycles. The summed E-state index contributed by atoms with van der Waals surface area (Å²) in [6.45, 7) is 7.26. The van der Waals surface area contributed by atoms with Gasteiger partial charge in [0.1, 0.15) is 28.0 Å². The second-order valence-electron chi connectivity index (χ2n) is 8.36. The molecule has 3 rings (SSSR count). The van der Waals surface area contributed by atoms with E-state index < -0.39 is 17.1 Å². The molecular weight excluding hydrogens is 443 g/mol. The SMILES string of the molecule is CC1Oc2ccc(C(N)(Cc3ccc(Cl)c(Cl)c3)C(=O)OC(C)(C)C)cc2NC1=S. The molecule has 0 fully saturated rings. The number of thiocarbonyl (C=S) groups is 1. The van der Waals surface area contributed by atoms with Crippen LogP contribution in [0.25, 0.3) is 0 Å². The van der Waals surface area contributed by atoms with Gasteiger partial charge in [0.15, 0.2) is 0 Å². The first-order chi connectivity index (χ1) is 13.9. The summed E-state index contributed by atoms with van der Waals surface area (Å²) in [6.07, 6.45) is -0.0673. The fraction of sp³-hybridized carbons (Fsp3) is 0.364. The number of halogens is 2. The third kappa shape index (κ3) is 4.89. The Labute approximate surface area is 191 Å². The molecule has 0 aromatic heterocycles. The largest absolute Gasteiger partial charge is 0.481 e. The Morgan fingerprint density at radius 2 is 1.90 bits per heavy atom. The molecule has 1 heterocycles. The summed E-state index contributed by atoms with van der Waals surface area (Å²) in [7, 11) is 0. The number of ether oxygens (including phenoxy) is 2. The van der Waals surface area contributed by atoms with Gasteiger partial charge in [-0.3, -0.25) is 0 Å². The molecule has 1 aliphatic heterocycles. The topological polar surface area (TPSA) is 73.6 Å². The van der Waals surface area contributed by atoms with Gasteiger partial charge in [0.25, 0.3) is 0 Å². The zero-order valence-electron chi connectivity index (χ0n) is 17.2. The quantitative estimate of drug-likeness (QED) is 0.473. The molecule has 30 heavy (non-hydrogen) atoms. The molecule has 8 heteroatoms. The highest BCUT2D eigenvalue weighted by molar-refractivity contribution is 7.80. The Morgan fingerprint density at radius 1 is 1.20 bits per heavy atom. The number of fused-ring (bicyclic) bond motifs is 1. The van der Waals surface area contributed by atoms with E-state index in [1.54, 1.807) is 57.2 Å². The zero-order valence-corrected chi connectivity index (χ0v) is 19.5. The number of hydrogen-bond donors (Lipinski definition) is 2. The Balaban J connectivity index is 2.05. The first-order valence-electron chi connectivity index (χ1n) is 9.47. The van der Waals surface area contributed by atoms with Crippen molar-refractivity contribution in [1.82, 2.24) is 0 Å². The van der Waals surface area contributed by atoms with Crippen molar-refractivity contribution in [3.63, 3.8) is 0 Å². The van der Waals surface area contributed by atoms with Crippen molar-refractivity contribution in [3.05, 3.63) is 57.6 Å². The van der Waals surface area contributed by atoms with Gasteiger partial charge in [-0.15, -0.1) is 0 Å². The van der Waals surface area contributed by atoms with Crippen LogP contribution in [0.5, 0.6) is 5.75 Å². The number of esters is 1. The van der Waals surface area contributed by atoms with Crippen molar-refractivity contribution in [1.29, 1.82) is 0 Å². The van der Waals surface area contributed by atoms with Crippen LogP contribution in [0, 0.1) is 0 Å². The number of carbonyl (C=O) groups excluding carboxylic acids is 1. The summed E-state index contributed by atoms with van der Waals surface area (Å²) in [4.78, 5) is 13.8. The lowest BCUT2D eigenvalue weighted by Gasteiger charge is -2.33. The maximum absolute atomic E-state index is 13.2. The van der Waals surface area contributed by atoms with E-state index in [9.17, 15) is 4.79 Å². The highest BCUT2D eigenvalue weighted by Crippen LogP contribution is 2.36. The normalized spacial score (nSPS) is 18.0. The fourth-order valence-corrected chi connectivity index (χ4v) is 3.60. The molecule has 160 valence electrons. The number of benzene rings is 2. The number of rotatable bonds is 4. The van der Waals surface area contributed by atoms with Gasteiger partial charge in [-0.2, -0.15) is 0 Å². The molecule has 2 atom stereocenters. The highest BCUT2D eigenvalue weighted by atomic mass is 35.5. The molecule has 2 aromatic rings. The lowest BCUT2D eigenvalue weighted by molar-refractivity contribution is -0.162. The summed E-state index contributed by atoms with van der Waals surface area (Å²) in [6, 6.07) is 10.5. The molecule has 5 nitrogen and oxygen atoms in total. The maximum Gasteiger partial charge on any atom is 0.331 e. The third-order valence-corrected chi connectivity index (χ3v) is 5.83. The number of nitrogens with two attached hydrogens (primary N) is 1. The van der Waals surface area contributed by atoms with Gasteiger partial charge in [-0.05, 0) is 63.1 Å². The molecule has 0 amide bonds. The van der Waals surface area contributed by atoms with Crippen molar-refractivity contribution in [2.45, 2.75) is 51.4 Å². The molecule has 0 saturated carbocycles. The number of hydrogen-bond acceptors (Lipinski definition) is 5. The molecule has 2 unspecified atom stereocenters. The van der Waals surface area contributed by atoms with E-state index in [2.05, 4.69) is 5.32 Å². The van der Waals surface area contributed by atoms with Crippen molar-refractivity contribution in [2.75, 3.05) is 5.32 Å². The van der Waals surface area contributed by atoms with Gasteiger partial charge in [-0.25, -0.2) is 4.79 Å². The van der Waals surface area contributed by atoms with E-state index in [4.69, 9.17) is 50.6 Å². The van der Waals surface area contributed by atoms with Crippen LogP contribution >= 0.6 is 35.4 Å². The number of anilines is 1. The molecule has 0 radical (unpaired) electrons. The van der Waals surface area contributed by atoms with Crippen LogP contribution < -0.4 is 15.8 Å². The predicted octanol–water partition coefficient (Wildman–Crippen LogP) is 5.25. The highest BCUT2D eigenvalue weighted by Gasteiger charge is 2.41. The lowest BCUT2D eigenvalue weighted by Crippen LogP contribution is -2.50. The van der Waals surface area contributed by atoms with Gasteiger partial charge >= 0.3 is 5.97 Å². The Morgan fingerprint density at radius 3 is 2.53 bits per heavy atom. The van der Waals surface area contributed by atoms with Crippen molar-refractivity contribution < 1.29 is 14.3 Å². The van der Waals surface area contributed by atoms with Gasteiger partial charge < -0.3 is 20.5 Å². The van der Waals surface area contributed by atoms with E-state index in [-0.39, 0.29) is 12.5 Å². The Hall–Kier alpha value is -1.86. The van der Waals surface area contributed by atoms with Crippen molar-refractivity contribution in [3.8, 4) is 5.75 Å². The third-order valence-electron chi connectivity index (χ3n) is 4.66. The standard InChI is InChI=1S/C22H24Cl2N2O3S/c1-12-19(30)26-17-10-14(6-8-18(17)28-12)22(25,20(27)29-21(2,3)4)11-13-5-7-15(23)16(24)9-13/h5-10,12H,11,25H2,1-4H3,(H,26,30). The fourth-order valence-electron chi connectivity index (χ4n) is 3.12. The van der Waals surface area contributed by atoms with Gasteiger partial charge in [-0.1, -0.05) is 47.6 Å². The number of nitrogens with one attached hydrogen (secondary N) is 1. The molecule has 1 aliphatic rings. The van der Waals surface area contributed by atoms with E-state index in [1.807, 2.05) is 6.92 Å². The van der Waals surface area contributed by atoms with E-state index in [0.717, 1.165) is 5.56 Å². The van der Waals surface area contributed by atoms with Crippen LogP contribution in [0.2, 0.25) is 10.0 Å². The van der Waals surface area contributed by atoms with Gasteiger partial charge in [0.05, 0.1) is 15.7 Å². The van der Waals surface area contributed by atoms with Crippen molar-refractivity contribution in [2.24, 2.45) is 5.73 Å². The average Bonchev–Trinajstić information content (AvgIpc) is 2.64. The summed E-state index contributed by atoms with van der Waals surface area (Å²) in [5.74, 6) is 0.0922. The van der Waals surface area contributed by atoms with E-state index >= 15 is 0 Å². The smallest absolute Gasteiger partial charge is 0.331 e. The van der Waals surface area contributed by atoms with E-state index in [0.29, 0.717) is 32.0 Å². The van der Waals surface area contributed by atoms with Crippen LogP contribution in [-0.2, 0) is 21.5 Å². The predicted molar refractivity (Wildman–Crippen MR) is 125 cm³/mol.